The molecule has 1 aromatic carbocycles. The number of rotatable bonds is 5. The Morgan fingerprint density at radius 2 is 2.05 bits per heavy atom. The summed E-state index contributed by atoms with van der Waals surface area (Å²) in [5.41, 5.74) is 6.23. The van der Waals surface area contributed by atoms with Gasteiger partial charge < -0.3 is 15.8 Å². The van der Waals surface area contributed by atoms with Gasteiger partial charge in [-0.3, -0.25) is 4.79 Å². The maximum absolute atomic E-state index is 12.1. The molecule has 0 saturated heterocycles. The van der Waals surface area contributed by atoms with Crippen molar-refractivity contribution in [3.8, 4) is 5.75 Å². The van der Waals surface area contributed by atoms with Gasteiger partial charge in [0.2, 0.25) is 5.91 Å². The summed E-state index contributed by atoms with van der Waals surface area (Å²) >= 11 is 0. The standard InChI is InChI=1S/C13H17F3N2O2.ClH/c1-8(6-17)12(19)18-10-4-3-5-11(9(10)2)20-7-13(14,15)16;/h3-5,8H,6-7,17H2,1-2H3,(H,18,19);1H. The van der Waals surface area contributed by atoms with E-state index in [1.54, 1.807) is 19.9 Å². The van der Waals surface area contributed by atoms with Crippen LogP contribution in [0.4, 0.5) is 18.9 Å². The lowest BCUT2D eigenvalue weighted by atomic mass is 10.1. The van der Waals surface area contributed by atoms with Crippen LogP contribution >= 0.6 is 12.4 Å². The fourth-order valence-corrected chi connectivity index (χ4v) is 1.43. The third kappa shape index (κ3) is 6.22. The van der Waals surface area contributed by atoms with E-state index in [0.717, 1.165) is 0 Å². The van der Waals surface area contributed by atoms with Crippen molar-refractivity contribution in [3.63, 3.8) is 0 Å². The summed E-state index contributed by atoms with van der Waals surface area (Å²) in [6, 6.07) is 4.53. The van der Waals surface area contributed by atoms with Crippen LogP contribution in [-0.2, 0) is 4.79 Å². The molecule has 1 amide bonds. The molecule has 0 heterocycles. The summed E-state index contributed by atoms with van der Waals surface area (Å²) in [4.78, 5) is 11.7. The number of nitrogens with two attached hydrogens (primary N) is 1. The van der Waals surface area contributed by atoms with Crippen LogP contribution in [0.3, 0.4) is 0 Å². The average molecular weight is 327 g/mol. The molecular formula is C13H18ClF3N2O2. The Hall–Kier alpha value is -1.47. The van der Waals surface area contributed by atoms with Gasteiger partial charge in [0.15, 0.2) is 6.61 Å². The van der Waals surface area contributed by atoms with Crippen molar-refractivity contribution >= 4 is 24.0 Å². The Labute approximate surface area is 127 Å². The highest BCUT2D eigenvalue weighted by molar-refractivity contribution is 5.93. The molecule has 0 aliphatic carbocycles. The van der Waals surface area contributed by atoms with Crippen LogP contribution < -0.4 is 15.8 Å². The molecule has 1 unspecified atom stereocenters. The number of nitrogens with one attached hydrogen (secondary N) is 1. The Morgan fingerprint density at radius 3 is 2.57 bits per heavy atom. The van der Waals surface area contributed by atoms with Gasteiger partial charge in [0.25, 0.3) is 0 Å². The Bertz CT molecular complexity index is 481. The third-order valence-corrected chi connectivity index (χ3v) is 2.73. The van der Waals surface area contributed by atoms with E-state index < -0.39 is 12.8 Å². The van der Waals surface area contributed by atoms with Crippen LogP contribution in [0.15, 0.2) is 18.2 Å². The van der Waals surface area contributed by atoms with Crippen molar-refractivity contribution < 1.29 is 22.7 Å². The zero-order valence-electron chi connectivity index (χ0n) is 11.7. The molecule has 0 saturated carbocycles. The molecule has 1 aromatic rings. The molecule has 0 radical (unpaired) electrons. The van der Waals surface area contributed by atoms with E-state index in [4.69, 9.17) is 10.5 Å². The molecular weight excluding hydrogens is 309 g/mol. The van der Waals surface area contributed by atoms with Crippen LogP contribution in [-0.4, -0.2) is 25.2 Å². The van der Waals surface area contributed by atoms with Gasteiger partial charge in [-0.25, -0.2) is 0 Å². The van der Waals surface area contributed by atoms with Crippen LogP contribution in [0.1, 0.15) is 12.5 Å². The predicted molar refractivity (Wildman–Crippen MR) is 76.8 cm³/mol. The van der Waals surface area contributed by atoms with Crippen molar-refractivity contribution in [3.05, 3.63) is 23.8 Å². The molecule has 1 rings (SSSR count). The maximum atomic E-state index is 12.1. The van der Waals surface area contributed by atoms with Gasteiger partial charge in [-0.2, -0.15) is 13.2 Å². The number of carbonyl (C=O) groups excluding carboxylic acids is 1. The molecule has 0 spiro atoms. The number of benzene rings is 1. The maximum Gasteiger partial charge on any atom is 0.422 e. The Morgan fingerprint density at radius 1 is 1.43 bits per heavy atom. The lowest BCUT2D eigenvalue weighted by molar-refractivity contribution is -0.153. The lowest BCUT2D eigenvalue weighted by Gasteiger charge is -2.16. The quantitative estimate of drug-likeness (QED) is 0.874. The zero-order valence-corrected chi connectivity index (χ0v) is 12.5. The zero-order chi connectivity index (χ0) is 15.3. The molecule has 120 valence electrons. The largest absolute Gasteiger partial charge is 0.484 e. The van der Waals surface area contributed by atoms with Crippen molar-refractivity contribution in [1.29, 1.82) is 0 Å². The van der Waals surface area contributed by atoms with Crippen molar-refractivity contribution in [2.24, 2.45) is 11.7 Å². The van der Waals surface area contributed by atoms with Gasteiger partial charge in [0.1, 0.15) is 5.75 Å². The fourth-order valence-electron chi connectivity index (χ4n) is 1.43. The highest BCUT2D eigenvalue weighted by Crippen LogP contribution is 2.27. The number of hydrogen-bond donors (Lipinski definition) is 2. The van der Waals surface area contributed by atoms with Crippen molar-refractivity contribution in [2.75, 3.05) is 18.5 Å². The Balaban J connectivity index is 0.00000400. The van der Waals surface area contributed by atoms with Gasteiger partial charge >= 0.3 is 6.18 Å². The molecule has 4 nitrogen and oxygen atoms in total. The molecule has 21 heavy (non-hydrogen) atoms. The summed E-state index contributed by atoms with van der Waals surface area (Å²) in [5.74, 6) is -0.585. The summed E-state index contributed by atoms with van der Waals surface area (Å²) in [6.45, 7) is 2.06. The molecule has 0 aromatic heterocycles. The van der Waals surface area contributed by atoms with Crippen molar-refractivity contribution in [2.45, 2.75) is 20.0 Å². The van der Waals surface area contributed by atoms with Crippen LogP contribution in [0.5, 0.6) is 5.75 Å². The third-order valence-electron chi connectivity index (χ3n) is 2.73. The SMILES string of the molecule is Cc1c(NC(=O)C(C)CN)cccc1OCC(F)(F)F.Cl. The molecule has 0 aliphatic heterocycles. The van der Waals surface area contributed by atoms with Crippen molar-refractivity contribution in [1.82, 2.24) is 0 Å². The smallest absolute Gasteiger partial charge is 0.422 e. The van der Waals surface area contributed by atoms with E-state index in [0.29, 0.717) is 11.3 Å². The second-order valence-corrected chi connectivity index (χ2v) is 4.46. The van der Waals surface area contributed by atoms with Crippen LogP contribution in [0, 0.1) is 12.8 Å². The number of alkyl halides is 3. The highest BCUT2D eigenvalue weighted by Gasteiger charge is 2.28. The van der Waals surface area contributed by atoms with E-state index in [-0.39, 0.29) is 36.5 Å². The van der Waals surface area contributed by atoms with E-state index in [1.165, 1.54) is 12.1 Å². The Kier molecular flexibility index (Phi) is 7.52. The minimum absolute atomic E-state index is 0. The van der Waals surface area contributed by atoms with Gasteiger partial charge in [-0.05, 0) is 19.1 Å². The molecule has 0 aliphatic rings. The number of carbonyl (C=O) groups is 1. The van der Waals surface area contributed by atoms with Gasteiger partial charge in [-0.1, -0.05) is 13.0 Å². The van der Waals surface area contributed by atoms with E-state index in [9.17, 15) is 18.0 Å². The first-order valence-corrected chi connectivity index (χ1v) is 6.04. The monoisotopic (exact) mass is 326 g/mol. The first kappa shape index (κ1) is 19.5. The van der Waals surface area contributed by atoms with Gasteiger partial charge in [-0.15, -0.1) is 12.4 Å². The van der Waals surface area contributed by atoms with Gasteiger partial charge in [0, 0.05) is 23.7 Å². The summed E-state index contributed by atoms with van der Waals surface area (Å²) in [5, 5.41) is 2.62. The average Bonchev–Trinajstić information content (AvgIpc) is 2.37. The molecule has 0 fully saturated rings. The van der Waals surface area contributed by atoms with E-state index in [1.807, 2.05) is 0 Å². The summed E-state index contributed by atoms with van der Waals surface area (Å²) in [6.07, 6.45) is -4.40. The van der Waals surface area contributed by atoms with Crippen LogP contribution in [0.2, 0.25) is 0 Å². The number of amides is 1. The van der Waals surface area contributed by atoms with Gasteiger partial charge in [0.05, 0.1) is 0 Å². The molecule has 0 bridgehead atoms. The summed E-state index contributed by atoms with van der Waals surface area (Å²) < 4.78 is 41.1. The van der Waals surface area contributed by atoms with Crippen LogP contribution in [0.25, 0.3) is 0 Å². The second kappa shape index (κ2) is 8.09. The first-order valence-electron chi connectivity index (χ1n) is 6.04. The molecule has 1 atom stereocenters. The highest BCUT2D eigenvalue weighted by atomic mass is 35.5. The van der Waals surface area contributed by atoms with E-state index >= 15 is 0 Å². The molecule has 8 heteroatoms. The number of hydrogen-bond acceptors (Lipinski definition) is 3. The number of anilines is 1. The minimum atomic E-state index is -4.40. The lowest BCUT2D eigenvalue weighted by Crippen LogP contribution is -2.27. The predicted octanol–water partition coefficient (Wildman–Crippen LogP) is 2.89. The van der Waals surface area contributed by atoms with E-state index in [2.05, 4.69) is 5.32 Å². The molecule has 3 N–H and O–H groups in total. The second-order valence-electron chi connectivity index (χ2n) is 4.46. The normalized spacial score (nSPS) is 12.3. The number of halogens is 4. The first-order chi connectivity index (χ1) is 9.24. The minimum Gasteiger partial charge on any atom is -0.484 e. The number of ether oxygens (including phenoxy) is 1. The summed E-state index contributed by atoms with van der Waals surface area (Å²) in [7, 11) is 0. The fraction of sp³-hybridized carbons (Fsp3) is 0.462. The topological polar surface area (TPSA) is 64.4 Å².